The van der Waals surface area contributed by atoms with Crippen molar-refractivity contribution in [1.29, 1.82) is 0 Å². The van der Waals surface area contributed by atoms with E-state index in [0.29, 0.717) is 6.54 Å². The molecule has 1 fully saturated rings. The van der Waals surface area contributed by atoms with Crippen molar-refractivity contribution in [2.75, 3.05) is 26.2 Å². The van der Waals surface area contributed by atoms with E-state index in [1.54, 1.807) is 0 Å². The zero-order valence-electron chi connectivity index (χ0n) is 7.79. The Bertz CT molecular complexity index is 170. The van der Waals surface area contributed by atoms with Gasteiger partial charge in [-0.2, -0.15) is 0 Å². The van der Waals surface area contributed by atoms with E-state index >= 15 is 0 Å². The average molecular weight is 171 g/mol. The first-order valence-corrected chi connectivity index (χ1v) is 4.44. The average Bonchev–Trinajstić information content (AvgIpc) is 2.32. The molecule has 2 amide bonds. The molecule has 0 aliphatic carbocycles. The largest absolute Gasteiger partial charge is 0.326 e. The smallest absolute Gasteiger partial charge is 0.320 e. The number of carbonyl (C=O) groups is 1. The van der Waals surface area contributed by atoms with E-state index in [2.05, 4.69) is 0 Å². The Labute approximate surface area is 73.3 Å². The standard InChI is InChI=1S/C8H17N3O/c1-3-10-4-5-11(8(10)12)6-7(2)9/h7H,3-6,9H2,1-2H3. The zero-order chi connectivity index (χ0) is 9.14. The van der Waals surface area contributed by atoms with E-state index < -0.39 is 0 Å². The van der Waals surface area contributed by atoms with Crippen molar-refractivity contribution in [2.45, 2.75) is 19.9 Å². The Hall–Kier alpha value is -0.770. The maximum atomic E-state index is 11.5. The van der Waals surface area contributed by atoms with E-state index in [1.165, 1.54) is 0 Å². The second-order valence-corrected chi connectivity index (χ2v) is 3.29. The summed E-state index contributed by atoms with van der Waals surface area (Å²) in [6.45, 7) is 7.06. The SMILES string of the molecule is CCN1CCN(CC(C)N)C1=O. The van der Waals surface area contributed by atoms with Gasteiger partial charge >= 0.3 is 6.03 Å². The third kappa shape index (κ3) is 1.88. The van der Waals surface area contributed by atoms with Crippen LogP contribution in [0.2, 0.25) is 0 Å². The van der Waals surface area contributed by atoms with Crippen LogP contribution in [-0.4, -0.2) is 48.1 Å². The predicted octanol–water partition coefficient (Wildman–Crippen LogP) is 0.0911. The topological polar surface area (TPSA) is 49.6 Å². The fraction of sp³-hybridized carbons (Fsp3) is 0.875. The molecule has 2 N–H and O–H groups in total. The number of carbonyl (C=O) groups excluding carboxylic acids is 1. The lowest BCUT2D eigenvalue weighted by Gasteiger charge is -2.18. The van der Waals surface area contributed by atoms with Crippen molar-refractivity contribution in [3.63, 3.8) is 0 Å². The van der Waals surface area contributed by atoms with Crippen molar-refractivity contribution in [3.8, 4) is 0 Å². The van der Waals surface area contributed by atoms with Crippen LogP contribution in [0.5, 0.6) is 0 Å². The number of rotatable bonds is 3. The van der Waals surface area contributed by atoms with Gasteiger partial charge in [0.05, 0.1) is 0 Å². The molecule has 1 aliphatic rings. The summed E-state index contributed by atoms with van der Waals surface area (Å²) >= 11 is 0. The van der Waals surface area contributed by atoms with Crippen molar-refractivity contribution < 1.29 is 4.79 Å². The van der Waals surface area contributed by atoms with Gasteiger partial charge in [0.25, 0.3) is 0 Å². The number of hydrogen-bond acceptors (Lipinski definition) is 2. The Morgan fingerprint density at radius 1 is 1.50 bits per heavy atom. The van der Waals surface area contributed by atoms with Crippen molar-refractivity contribution >= 4 is 6.03 Å². The van der Waals surface area contributed by atoms with Crippen LogP contribution in [0.1, 0.15) is 13.8 Å². The molecule has 0 spiro atoms. The molecular weight excluding hydrogens is 154 g/mol. The highest BCUT2D eigenvalue weighted by molar-refractivity contribution is 5.76. The monoisotopic (exact) mass is 171 g/mol. The molecule has 0 saturated carbocycles. The molecule has 0 aromatic rings. The fourth-order valence-electron chi connectivity index (χ4n) is 1.44. The zero-order valence-corrected chi connectivity index (χ0v) is 7.79. The lowest BCUT2D eigenvalue weighted by atomic mass is 10.3. The molecule has 1 heterocycles. The minimum absolute atomic E-state index is 0.0748. The number of likely N-dealkylation sites (N-methyl/N-ethyl adjacent to an activating group) is 1. The molecule has 4 heteroatoms. The fourth-order valence-corrected chi connectivity index (χ4v) is 1.44. The second-order valence-electron chi connectivity index (χ2n) is 3.29. The first-order valence-electron chi connectivity index (χ1n) is 4.44. The van der Waals surface area contributed by atoms with Crippen LogP contribution >= 0.6 is 0 Å². The molecule has 1 unspecified atom stereocenters. The van der Waals surface area contributed by atoms with E-state index in [9.17, 15) is 4.79 Å². The summed E-state index contributed by atoms with van der Waals surface area (Å²) in [5.41, 5.74) is 5.61. The molecule has 12 heavy (non-hydrogen) atoms. The van der Waals surface area contributed by atoms with Gasteiger partial charge in [-0.25, -0.2) is 4.79 Å². The predicted molar refractivity (Wildman–Crippen MR) is 47.9 cm³/mol. The number of nitrogens with two attached hydrogens (primary N) is 1. The lowest BCUT2D eigenvalue weighted by molar-refractivity contribution is 0.192. The Morgan fingerprint density at radius 3 is 2.50 bits per heavy atom. The minimum atomic E-state index is 0.0748. The minimum Gasteiger partial charge on any atom is -0.326 e. The van der Waals surface area contributed by atoms with E-state index in [1.807, 2.05) is 23.6 Å². The summed E-state index contributed by atoms with van der Waals surface area (Å²) in [6, 6.07) is 0.209. The molecule has 70 valence electrons. The summed E-state index contributed by atoms with van der Waals surface area (Å²) < 4.78 is 0. The molecule has 1 atom stereocenters. The van der Waals surface area contributed by atoms with Crippen LogP contribution in [-0.2, 0) is 0 Å². The van der Waals surface area contributed by atoms with Crippen LogP contribution in [0.3, 0.4) is 0 Å². The highest BCUT2D eigenvalue weighted by Gasteiger charge is 2.26. The third-order valence-corrected chi connectivity index (χ3v) is 2.07. The quantitative estimate of drug-likeness (QED) is 0.654. The van der Waals surface area contributed by atoms with Gasteiger partial charge in [0.15, 0.2) is 0 Å². The Kier molecular flexibility index (Phi) is 2.92. The lowest BCUT2D eigenvalue weighted by Crippen LogP contribution is -2.38. The molecular formula is C8H17N3O. The molecule has 1 saturated heterocycles. The van der Waals surface area contributed by atoms with Gasteiger partial charge in [0.2, 0.25) is 0 Å². The van der Waals surface area contributed by atoms with Crippen molar-refractivity contribution in [3.05, 3.63) is 0 Å². The molecule has 4 nitrogen and oxygen atoms in total. The molecule has 1 aliphatic heterocycles. The van der Waals surface area contributed by atoms with Crippen LogP contribution in [0.25, 0.3) is 0 Å². The summed E-state index contributed by atoms with van der Waals surface area (Å²) in [5, 5.41) is 0. The van der Waals surface area contributed by atoms with Crippen LogP contribution < -0.4 is 5.73 Å². The normalized spacial score (nSPS) is 20.4. The number of hydrogen-bond donors (Lipinski definition) is 1. The molecule has 0 aromatic heterocycles. The maximum Gasteiger partial charge on any atom is 0.320 e. The van der Waals surface area contributed by atoms with Gasteiger partial charge in [-0.05, 0) is 13.8 Å². The Balaban J connectivity index is 2.44. The highest BCUT2D eigenvalue weighted by Crippen LogP contribution is 2.07. The maximum absolute atomic E-state index is 11.5. The summed E-state index contributed by atoms with van der Waals surface area (Å²) in [5.74, 6) is 0. The summed E-state index contributed by atoms with van der Waals surface area (Å²) in [4.78, 5) is 15.1. The summed E-state index contributed by atoms with van der Waals surface area (Å²) in [6.07, 6.45) is 0. The molecule has 1 rings (SSSR count). The van der Waals surface area contributed by atoms with Gasteiger partial charge in [-0.1, -0.05) is 0 Å². The molecule has 0 radical (unpaired) electrons. The van der Waals surface area contributed by atoms with Gasteiger partial charge in [-0.3, -0.25) is 0 Å². The summed E-state index contributed by atoms with van der Waals surface area (Å²) in [7, 11) is 0. The van der Waals surface area contributed by atoms with Crippen molar-refractivity contribution in [1.82, 2.24) is 9.80 Å². The van der Waals surface area contributed by atoms with Crippen molar-refractivity contribution in [2.24, 2.45) is 5.73 Å². The molecule has 0 bridgehead atoms. The van der Waals surface area contributed by atoms with E-state index in [0.717, 1.165) is 19.6 Å². The molecule has 0 aromatic carbocycles. The van der Waals surface area contributed by atoms with Crippen LogP contribution in [0.4, 0.5) is 4.79 Å². The number of amides is 2. The van der Waals surface area contributed by atoms with Crippen LogP contribution in [0.15, 0.2) is 0 Å². The van der Waals surface area contributed by atoms with Gasteiger partial charge in [0.1, 0.15) is 0 Å². The third-order valence-electron chi connectivity index (χ3n) is 2.07. The number of urea groups is 1. The Morgan fingerprint density at radius 2 is 2.08 bits per heavy atom. The number of nitrogens with zero attached hydrogens (tertiary/aromatic N) is 2. The van der Waals surface area contributed by atoms with E-state index in [-0.39, 0.29) is 12.1 Å². The van der Waals surface area contributed by atoms with Gasteiger partial charge < -0.3 is 15.5 Å². The first-order chi connectivity index (χ1) is 5.65. The second kappa shape index (κ2) is 3.76. The van der Waals surface area contributed by atoms with Gasteiger partial charge in [-0.15, -0.1) is 0 Å². The van der Waals surface area contributed by atoms with E-state index in [4.69, 9.17) is 5.73 Å². The highest BCUT2D eigenvalue weighted by atomic mass is 16.2. The van der Waals surface area contributed by atoms with Crippen LogP contribution in [0, 0.1) is 0 Å². The van der Waals surface area contributed by atoms with Gasteiger partial charge in [0, 0.05) is 32.2 Å². The first kappa shape index (κ1) is 9.32.